The molecule has 3 aromatic rings. The van der Waals surface area contributed by atoms with E-state index < -0.39 is 34.6 Å². The number of ether oxygens (including phenoxy) is 1. The van der Waals surface area contributed by atoms with Crippen LogP contribution in [0.1, 0.15) is 27.9 Å². The van der Waals surface area contributed by atoms with Gasteiger partial charge in [-0.1, -0.05) is 12.1 Å². The number of aromatic nitrogens is 1. The second-order valence-corrected chi connectivity index (χ2v) is 11.2. The molecule has 222 valence electrons. The Bertz CT molecular complexity index is 1540. The summed E-state index contributed by atoms with van der Waals surface area (Å²) < 4.78 is 61.9. The van der Waals surface area contributed by atoms with Gasteiger partial charge in [0.15, 0.2) is 0 Å². The fraction of sp³-hybridized carbons (Fsp3) is 0.400. The summed E-state index contributed by atoms with van der Waals surface area (Å²) in [6.07, 6.45) is -3.05. The molecule has 42 heavy (non-hydrogen) atoms. The molecule has 2 atom stereocenters. The van der Waals surface area contributed by atoms with E-state index in [1.165, 1.54) is 6.07 Å². The molecule has 2 bridgehead atoms. The summed E-state index contributed by atoms with van der Waals surface area (Å²) in [7, 11) is 1.99. The molecule has 2 unspecified atom stereocenters. The summed E-state index contributed by atoms with van der Waals surface area (Å²) in [5, 5.41) is 2.63. The third-order valence-corrected chi connectivity index (χ3v) is 8.37. The Morgan fingerprint density at radius 3 is 2.48 bits per heavy atom. The van der Waals surface area contributed by atoms with Crippen molar-refractivity contribution in [3.63, 3.8) is 0 Å². The molecule has 0 aliphatic carbocycles. The zero-order valence-corrected chi connectivity index (χ0v) is 23.0. The van der Waals surface area contributed by atoms with Gasteiger partial charge in [-0.25, -0.2) is 4.39 Å². The number of amides is 1. The van der Waals surface area contributed by atoms with Gasteiger partial charge in [0, 0.05) is 62.6 Å². The first-order chi connectivity index (χ1) is 20.1. The van der Waals surface area contributed by atoms with Crippen molar-refractivity contribution in [2.24, 2.45) is 0 Å². The van der Waals surface area contributed by atoms with Gasteiger partial charge in [0.1, 0.15) is 5.82 Å². The van der Waals surface area contributed by atoms with Gasteiger partial charge < -0.3 is 24.8 Å². The lowest BCUT2D eigenvalue weighted by atomic mass is 9.90. The highest BCUT2D eigenvalue weighted by atomic mass is 19.4. The summed E-state index contributed by atoms with van der Waals surface area (Å²) in [5.41, 5.74) is -0.413. The van der Waals surface area contributed by atoms with Crippen molar-refractivity contribution in [3.05, 3.63) is 81.5 Å². The Balaban J connectivity index is 1.35. The van der Waals surface area contributed by atoms with Gasteiger partial charge in [0.25, 0.3) is 5.91 Å². The summed E-state index contributed by atoms with van der Waals surface area (Å²) in [4.78, 5) is 33.6. The number of hydrogen-bond donors (Lipinski definition) is 2. The molecule has 3 saturated heterocycles. The number of nitrogens with zero attached hydrogens (tertiary/aromatic N) is 3. The van der Waals surface area contributed by atoms with E-state index in [1.54, 1.807) is 30.3 Å². The number of benzene rings is 2. The number of halogens is 4. The van der Waals surface area contributed by atoms with E-state index >= 15 is 4.39 Å². The molecular weight excluding hydrogens is 554 g/mol. The number of carbonyl (C=O) groups is 1. The number of alkyl halides is 3. The predicted molar refractivity (Wildman–Crippen MR) is 150 cm³/mol. The number of fused-ring (bicyclic) bond motifs is 2. The van der Waals surface area contributed by atoms with Crippen LogP contribution in [0, 0.1) is 5.82 Å². The molecule has 0 radical (unpaired) electrons. The van der Waals surface area contributed by atoms with Crippen LogP contribution in [0.5, 0.6) is 0 Å². The normalized spacial score (nSPS) is 21.2. The fourth-order valence-corrected chi connectivity index (χ4v) is 5.98. The molecular formula is C30H31F4N5O3. The molecule has 3 aliphatic rings. The average Bonchev–Trinajstić information content (AvgIpc) is 2.97. The number of pyridine rings is 1. The number of piperazine rings is 1. The van der Waals surface area contributed by atoms with Crippen molar-refractivity contribution in [2.75, 3.05) is 56.7 Å². The maximum Gasteiger partial charge on any atom is 0.417 e. The lowest BCUT2D eigenvalue weighted by Crippen LogP contribution is -2.62. The van der Waals surface area contributed by atoms with Gasteiger partial charge in [-0.15, -0.1) is 0 Å². The van der Waals surface area contributed by atoms with Crippen molar-refractivity contribution in [2.45, 2.75) is 31.2 Å². The lowest BCUT2D eigenvalue weighted by Gasteiger charge is -2.52. The van der Waals surface area contributed by atoms with Crippen LogP contribution in [0.3, 0.4) is 0 Å². The molecule has 8 nitrogen and oxygen atoms in total. The average molecular weight is 586 g/mol. The first-order valence-corrected chi connectivity index (χ1v) is 13.9. The van der Waals surface area contributed by atoms with Gasteiger partial charge >= 0.3 is 6.18 Å². The fourth-order valence-electron chi connectivity index (χ4n) is 5.98. The molecule has 12 heteroatoms. The molecule has 1 aromatic heterocycles. The topological polar surface area (TPSA) is 80.9 Å². The van der Waals surface area contributed by atoms with Crippen LogP contribution in [0.15, 0.2) is 53.5 Å². The molecule has 2 N–H and O–H groups in total. The zero-order chi connectivity index (χ0) is 29.6. The third-order valence-electron chi connectivity index (χ3n) is 8.37. The Morgan fingerprint density at radius 2 is 1.79 bits per heavy atom. The number of rotatable bonds is 6. The second kappa shape index (κ2) is 11.2. The highest BCUT2D eigenvalue weighted by Crippen LogP contribution is 2.37. The van der Waals surface area contributed by atoms with Crippen LogP contribution >= 0.6 is 0 Å². The largest absolute Gasteiger partial charge is 0.417 e. The van der Waals surface area contributed by atoms with E-state index in [0.29, 0.717) is 67.8 Å². The van der Waals surface area contributed by atoms with Crippen molar-refractivity contribution in [1.29, 1.82) is 0 Å². The SMILES string of the molecule is CN1CCN(c2ccc(-c3cc(CN4C5COCC4C5)ccc3F)cc2NC(=O)c2c[nH]c(=O)cc2C(F)(F)F)CC1. The molecule has 0 saturated carbocycles. The second-order valence-electron chi connectivity index (χ2n) is 11.2. The molecule has 4 heterocycles. The highest BCUT2D eigenvalue weighted by Gasteiger charge is 2.42. The number of H-pyrrole nitrogens is 1. The minimum absolute atomic E-state index is 0.251. The number of nitrogens with one attached hydrogen (secondary N) is 2. The summed E-state index contributed by atoms with van der Waals surface area (Å²) >= 11 is 0. The van der Waals surface area contributed by atoms with Gasteiger partial charge in [0.05, 0.1) is 35.7 Å². The lowest BCUT2D eigenvalue weighted by molar-refractivity contribution is -0.138. The minimum atomic E-state index is -4.91. The van der Waals surface area contributed by atoms with Crippen LogP contribution in [0.4, 0.5) is 28.9 Å². The maximum absolute atomic E-state index is 15.2. The number of hydrogen-bond acceptors (Lipinski definition) is 6. The Hall–Kier alpha value is -3.74. The molecule has 0 spiro atoms. The van der Waals surface area contributed by atoms with E-state index in [1.807, 2.05) is 11.9 Å². The molecule has 2 aromatic carbocycles. The summed E-state index contributed by atoms with van der Waals surface area (Å²) in [5.74, 6) is -1.48. The first-order valence-electron chi connectivity index (χ1n) is 13.9. The molecule has 6 rings (SSSR count). The third kappa shape index (κ3) is 5.66. The number of carbonyl (C=O) groups excluding carboxylic acids is 1. The highest BCUT2D eigenvalue weighted by molar-refractivity contribution is 6.07. The van der Waals surface area contributed by atoms with E-state index in [4.69, 9.17) is 4.74 Å². The van der Waals surface area contributed by atoms with Gasteiger partial charge in [0.2, 0.25) is 5.56 Å². The van der Waals surface area contributed by atoms with Crippen LogP contribution < -0.4 is 15.8 Å². The van der Waals surface area contributed by atoms with E-state index in [-0.39, 0.29) is 5.69 Å². The zero-order valence-electron chi connectivity index (χ0n) is 23.0. The molecule has 1 amide bonds. The van der Waals surface area contributed by atoms with Gasteiger partial charge in [-0.3, -0.25) is 14.5 Å². The monoisotopic (exact) mass is 585 g/mol. The Morgan fingerprint density at radius 1 is 1.05 bits per heavy atom. The number of likely N-dealkylation sites (N-methyl/N-ethyl adjacent to an activating group) is 1. The molecule has 3 fully saturated rings. The smallest absolute Gasteiger partial charge is 0.378 e. The maximum atomic E-state index is 15.2. The van der Waals surface area contributed by atoms with Crippen LogP contribution in [-0.4, -0.2) is 79.2 Å². The number of morpholine rings is 1. The summed E-state index contributed by atoms with van der Waals surface area (Å²) in [6.45, 7) is 4.82. The van der Waals surface area contributed by atoms with Gasteiger partial charge in [-0.2, -0.15) is 13.2 Å². The van der Waals surface area contributed by atoms with E-state index in [2.05, 4.69) is 20.1 Å². The van der Waals surface area contributed by atoms with Gasteiger partial charge in [-0.05, 0) is 48.9 Å². The minimum Gasteiger partial charge on any atom is -0.378 e. The number of aromatic amines is 1. The van der Waals surface area contributed by atoms with E-state index in [0.717, 1.165) is 31.3 Å². The van der Waals surface area contributed by atoms with Crippen LogP contribution in [-0.2, 0) is 17.5 Å². The van der Waals surface area contributed by atoms with Crippen molar-refractivity contribution >= 4 is 17.3 Å². The van der Waals surface area contributed by atoms with Crippen molar-refractivity contribution < 1.29 is 27.1 Å². The quantitative estimate of drug-likeness (QED) is 0.423. The molecule has 3 aliphatic heterocycles. The van der Waals surface area contributed by atoms with Crippen molar-refractivity contribution in [1.82, 2.24) is 14.8 Å². The van der Waals surface area contributed by atoms with Crippen LogP contribution in [0.2, 0.25) is 0 Å². The predicted octanol–water partition coefficient (Wildman–Crippen LogP) is 4.18. The van der Waals surface area contributed by atoms with Crippen LogP contribution in [0.25, 0.3) is 11.1 Å². The summed E-state index contributed by atoms with van der Waals surface area (Å²) in [6, 6.07) is 11.2. The standard InChI is InChI=1S/C30H31F4N5O3/c1-37-6-8-38(9-7-37)27-5-3-19(11-26(27)36-29(41)23-14-35-28(40)13-24(23)30(32,33)34)22-10-18(2-4-25(22)31)15-39-20-12-21(39)17-42-16-20/h2-5,10-11,13-14,20-21H,6-9,12,15-17H2,1H3,(H,35,40)(H,36,41). The first kappa shape index (κ1) is 28.4. The van der Waals surface area contributed by atoms with E-state index in [9.17, 15) is 22.8 Å². The number of anilines is 2. The van der Waals surface area contributed by atoms with Crippen molar-refractivity contribution in [3.8, 4) is 11.1 Å². The Labute approximate surface area is 239 Å². The Kier molecular flexibility index (Phi) is 7.54.